The van der Waals surface area contributed by atoms with Crippen LogP contribution in [0.25, 0.3) is 0 Å². The Balaban J connectivity index is -0.0000000300. The van der Waals surface area contributed by atoms with Crippen molar-refractivity contribution in [2.75, 3.05) is 0 Å². The fourth-order valence-corrected chi connectivity index (χ4v) is 0. The Morgan fingerprint density at radius 2 is 1.20 bits per heavy atom. The summed E-state index contributed by atoms with van der Waals surface area (Å²) in [4.78, 5) is -0.222. The van der Waals surface area contributed by atoms with Gasteiger partial charge in [-0.15, -0.1) is 23.2 Å². The van der Waals surface area contributed by atoms with Crippen molar-refractivity contribution in [2.24, 2.45) is 0 Å². The van der Waals surface area contributed by atoms with Gasteiger partial charge in [-0.2, -0.15) is 0 Å². The minimum absolute atomic E-state index is 0. The van der Waals surface area contributed by atoms with E-state index in [2.05, 4.69) is 23.3 Å². The molecule has 0 aromatic rings. The quantitative estimate of drug-likeness (QED) is 0.218. The van der Waals surface area contributed by atoms with Gasteiger partial charge in [0.25, 0.3) is 0 Å². The van der Waals surface area contributed by atoms with Gasteiger partial charge in [-0.1, -0.05) is 0 Å². The van der Waals surface area contributed by atoms with Gasteiger partial charge in [-0.25, -0.2) is 0 Å². The molecule has 52 valence electrons. The molecule has 0 spiro atoms. The molecule has 0 aliphatic carbocycles. The van der Waals surface area contributed by atoms with Gasteiger partial charge in [0.1, 0.15) is 4.84 Å². The van der Waals surface area contributed by atoms with Crippen LogP contribution < -0.4 is 59.1 Å². The first kappa shape index (κ1) is 23.6. The Hall–Kier alpha value is 3.98. The van der Waals surface area contributed by atoms with Crippen LogP contribution in [0.4, 0.5) is 0 Å². The molecule has 0 N–H and O–H groups in total. The second-order valence-corrected chi connectivity index (χ2v) is 5.73. The molecule has 0 saturated carbocycles. The Morgan fingerprint density at radius 3 is 1.20 bits per heavy atom. The van der Waals surface area contributed by atoms with Gasteiger partial charge in [0.2, 0.25) is 0 Å². The van der Waals surface area contributed by atoms with E-state index in [1.54, 1.807) is 6.92 Å². The molecule has 0 aromatic carbocycles. The van der Waals surface area contributed by atoms with E-state index in [4.69, 9.17) is 23.2 Å². The van der Waals surface area contributed by atoms with Gasteiger partial charge in [0.05, 0.1) is 0 Å². The molecule has 0 aliphatic rings. The third-order valence-corrected chi connectivity index (χ3v) is 2.25. The largest absolute Gasteiger partial charge is 1.00 e. The van der Waals surface area contributed by atoms with Crippen LogP contribution in [0.5, 0.6) is 0 Å². The average Bonchev–Trinajstić information content (AvgIpc) is 1.65. The van der Waals surface area contributed by atoms with Gasteiger partial charge in [0, 0.05) is 0 Å². The predicted molar refractivity (Wildman–Crippen MR) is 51.1 cm³/mol. The summed E-state index contributed by atoms with van der Waals surface area (Å²) >= 11 is 18.7. The molecule has 0 aliphatic heterocycles. The minimum Gasteiger partial charge on any atom is -0.709 e. The normalized spacial score (nSPS) is 6.60. The zero-order chi connectivity index (χ0) is 6.99. The number of halogens is 2. The van der Waals surface area contributed by atoms with Crippen LogP contribution in [-0.2, 0) is 23.3 Å². The summed E-state index contributed by atoms with van der Waals surface area (Å²) in [5.74, 6) is 0. The molecular formula is C2H4Cl2Na2S4. The van der Waals surface area contributed by atoms with Crippen LogP contribution >= 0.6 is 42.9 Å². The van der Waals surface area contributed by atoms with Crippen molar-refractivity contribution in [3.63, 3.8) is 0 Å². The van der Waals surface area contributed by atoms with Crippen LogP contribution in [0.15, 0.2) is 0 Å². The predicted octanol–water partition coefficient (Wildman–Crippen LogP) is -2.89. The topological polar surface area (TPSA) is 0 Å². The molecule has 0 unspecified atom stereocenters. The molecule has 0 rings (SSSR count). The van der Waals surface area contributed by atoms with Crippen molar-refractivity contribution in [3.05, 3.63) is 0 Å². The molecule has 8 heteroatoms. The van der Waals surface area contributed by atoms with Crippen molar-refractivity contribution in [2.45, 2.75) is 11.8 Å². The monoisotopic (exact) mass is 272 g/mol. The zero-order valence-corrected chi connectivity index (χ0v) is 14.7. The molecule has 0 nitrogen and oxygen atoms in total. The summed E-state index contributed by atoms with van der Waals surface area (Å²) in [5.41, 5.74) is 0. The first-order valence-corrected chi connectivity index (χ1v) is 6.39. The fraction of sp³-hybridized carbons (Fsp3) is 1.00. The molecule has 0 fully saturated rings. The molecule has 0 heterocycles. The van der Waals surface area contributed by atoms with Crippen molar-refractivity contribution < 1.29 is 59.1 Å². The number of rotatable bonds is 1. The van der Waals surface area contributed by atoms with Crippen LogP contribution in [0.1, 0.15) is 6.92 Å². The SMILES string of the molecule is CC(Cl)Cl.[Na+].[Na+].[S-]SS[S-]. The third kappa shape index (κ3) is 58.2. The van der Waals surface area contributed by atoms with Crippen LogP contribution in [0.3, 0.4) is 0 Å². The fourth-order valence-electron chi connectivity index (χ4n) is 0. The molecule has 10 heavy (non-hydrogen) atoms. The van der Waals surface area contributed by atoms with Gasteiger partial charge in [-0.05, 0) is 6.92 Å². The summed E-state index contributed by atoms with van der Waals surface area (Å²) in [7, 11) is 2.34. The first-order valence-electron chi connectivity index (χ1n) is 1.51. The molecule has 0 atom stereocenters. The van der Waals surface area contributed by atoms with E-state index in [1.807, 2.05) is 0 Å². The van der Waals surface area contributed by atoms with Gasteiger partial charge >= 0.3 is 59.1 Å². The molecule has 0 aromatic heterocycles. The second kappa shape index (κ2) is 23.1. The smallest absolute Gasteiger partial charge is 0.709 e. The Morgan fingerprint density at radius 1 is 1.10 bits per heavy atom. The molecular weight excluding hydrogens is 269 g/mol. The van der Waals surface area contributed by atoms with E-state index in [0.29, 0.717) is 0 Å². The van der Waals surface area contributed by atoms with Gasteiger partial charge in [0.15, 0.2) is 0 Å². The second-order valence-electron chi connectivity index (χ2n) is 0.655. The zero-order valence-electron chi connectivity index (χ0n) is 5.97. The molecule has 0 amide bonds. The minimum atomic E-state index is -0.222. The summed E-state index contributed by atoms with van der Waals surface area (Å²) < 4.78 is 0. The number of alkyl halides is 2. The van der Waals surface area contributed by atoms with Crippen molar-refractivity contribution in [1.82, 2.24) is 0 Å². The van der Waals surface area contributed by atoms with Crippen LogP contribution in [0, 0.1) is 0 Å². The number of hydrogen-bond donors (Lipinski definition) is 0. The maximum Gasteiger partial charge on any atom is 1.00 e. The molecule has 0 saturated heterocycles. The standard InChI is InChI=1S/C2H4Cl2.2Na.H2S4/c1-2(3)4;;;1-3-4-2/h2H,1H3;;;1-2H/q;2*+1;/p-2. The van der Waals surface area contributed by atoms with Gasteiger partial charge < -0.3 is 23.3 Å². The summed E-state index contributed by atoms with van der Waals surface area (Å²) in [6.07, 6.45) is 0. The van der Waals surface area contributed by atoms with Crippen LogP contribution in [-0.4, -0.2) is 4.84 Å². The number of hydrogen-bond acceptors (Lipinski definition) is 4. The molecule has 0 radical (unpaired) electrons. The Bertz CT molecular complexity index is 35.7. The van der Waals surface area contributed by atoms with Crippen molar-refractivity contribution in [1.29, 1.82) is 0 Å². The van der Waals surface area contributed by atoms with Crippen molar-refractivity contribution >= 4 is 66.2 Å². The van der Waals surface area contributed by atoms with E-state index in [9.17, 15) is 0 Å². The van der Waals surface area contributed by atoms with E-state index in [-0.39, 0.29) is 64.0 Å². The summed E-state index contributed by atoms with van der Waals surface area (Å²) in [5, 5.41) is 0. The average molecular weight is 273 g/mol. The molecule has 0 bridgehead atoms. The van der Waals surface area contributed by atoms with E-state index < -0.39 is 0 Å². The third-order valence-electron chi connectivity index (χ3n) is 0.0278. The maximum atomic E-state index is 5.04. The Labute approximate surface area is 134 Å². The van der Waals surface area contributed by atoms with E-state index >= 15 is 0 Å². The maximum absolute atomic E-state index is 5.04. The Kier molecular flexibility index (Phi) is 54.6. The summed E-state index contributed by atoms with van der Waals surface area (Å²) in [6.45, 7) is 1.70. The summed E-state index contributed by atoms with van der Waals surface area (Å²) in [6, 6.07) is 0. The van der Waals surface area contributed by atoms with Crippen LogP contribution in [0.2, 0.25) is 0 Å². The first-order chi connectivity index (χ1) is 3.65. The van der Waals surface area contributed by atoms with E-state index in [0.717, 1.165) is 0 Å². The van der Waals surface area contributed by atoms with Crippen molar-refractivity contribution in [3.8, 4) is 0 Å². The van der Waals surface area contributed by atoms with Gasteiger partial charge in [-0.3, -0.25) is 19.7 Å². The van der Waals surface area contributed by atoms with E-state index in [1.165, 1.54) is 19.7 Å².